The standard InChI is InChI=1S/C12H11NS/c1-3-9-10-6-4-5-7-11(10)14-12(9)8-13-2/h3-8H,1H2,2H3/b13-8-. The van der Waals surface area contributed by atoms with Gasteiger partial charge in [0, 0.05) is 28.9 Å². The van der Waals surface area contributed by atoms with Crippen LogP contribution in [0, 0.1) is 0 Å². The molecule has 1 aromatic carbocycles. The van der Waals surface area contributed by atoms with Gasteiger partial charge in [0.05, 0.1) is 4.88 Å². The first-order chi connectivity index (χ1) is 6.86. The van der Waals surface area contributed by atoms with Crippen LogP contribution in [0.25, 0.3) is 16.2 Å². The number of thiophene rings is 1. The van der Waals surface area contributed by atoms with E-state index in [-0.39, 0.29) is 0 Å². The summed E-state index contributed by atoms with van der Waals surface area (Å²) in [5.41, 5.74) is 1.19. The van der Waals surface area contributed by atoms with E-state index in [2.05, 4.69) is 35.8 Å². The highest BCUT2D eigenvalue weighted by Crippen LogP contribution is 2.30. The van der Waals surface area contributed by atoms with Crippen molar-refractivity contribution in [3.8, 4) is 0 Å². The van der Waals surface area contributed by atoms with Crippen LogP contribution in [0.1, 0.15) is 10.4 Å². The summed E-state index contributed by atoms with van der Waals surface area (Å²) in [5.74, 6) is 0. The molecule has 0 atom stereocenters. The monoisotopic (exact) mass is 201 g/mol. The fourth-order valence-corrected chi connectivity index (χ4v) is 2.64. The molecule has 1 aromatic heterocycles. The fourth-order valence-electron chi connectivity index (χ4n) is 1.51. The van der Waals surface area contributed by atoms with Gasteiger partial charge in [-0.2, -0.15) is 0 Å². The lowest BCUT2D eigenvalue weighted by Gasteiger charge is -1.91. The van der Waals surface area contributed by atoms with E-state index in [1.165, 1.54) is 20.5 Å². The van der Waals surface area contributed by atoms with E-state index in [1.807, 2.05) is 12.3 Å². The van der Waals surface area contributed by atoms with Gasteiger partial charge >= 0.3 is 0 Å². The average molecular weight is 201 g/mol. The van der Waals surface area contributed by atoms with Crippen molar-refractivity contribution in [2.24, 2.45) is 4.99 Å². The van der Waals surface area contributed by atoms with E-state index in [0.29, 0.717) is 0 Å². The molecular weight excluding hydrogens is 190 g/mol. The van der Waals surface area contributed by atoms with Crippen LogP contribution in [0.4, 0.5) is 0 Å². The first-order valence-electron chi connectivity index (χ1n) is 4.43. The van der Waals surface area contributed by atoms with E-state index in [1.54, 1.807) is 18.4 Å². The lowest BCUT2D eigenvalue weighted by molar-refractivity contribution is 1.47. The molecule has 0 radical (unpaired) electrons. The number of hydrogen-bond donors (Lipinski definition) is 0. The normalized spacial score (nSPS) is 11.2. The molecule has 2 rings (SSSR count). The first kappa shape index (κ1) is 9.16. The molecule has 0 unspecified atom stereocenters. The Labute approximate surface area is 87.4 Å². The van der Waals surface area contributed by atoms with Crippen LogP contribution in [-0.4, -0.2) is 13.3 Å². The number of rotatable bonds is 2. The lowest BCUT2D eigenvalue weighted by atomic mass is 10.1. The zero-order valence-electron chi connectivity index (χ0n) is 8.03. The minimum absolute atomic E-state index is 1.18. The predicted octanol–water partition coefficient (Wildman–Crippen LogP) is 3.59. The van der Waals surface area contributed by atoms with E-state index in [0.717, 1.165) is 0 Å². The molecule has 0 amide bonds. The molecule has 1 nitrogen and oxygen atoms in total. The summed E-state index contributed by atoms with van der Waals surface area (Å²) >= 11 is 1.75. The summed E-state index contributed by atoms with van der Waals surface area (Å²) < 4.78 is 1.29. The van der Waals surface area contributed by atoms with Gasteiger partial charge in [0.2, 0.25) is 0 Å². The highest BCUT2D eigenvalue weighted by molar-refractivity contribution is 7.20. The summed E-state index contributed by atoms with van der Waals surface area (Å²) in [4.78, 5) is 5.23. The van der Waals surface area contributed by atoms with Crippen LogP contribution in [0.15, 0.2) is 35.8 Å². The molecule has 0 saturated carbocycles. The van der Waals surface area contributed by atoms with Gasteiger partial charge in [-0.3, -0.25) is 4.99 Å². The first-order valence-corrected chi connectivity index (χ1v) is 5.24. The van der Waals surface area contributed by atoms with Crippen LogP contribution in [0.5, 0.6) is 0 Å². The molecular formula is C12H11NS. The molecule has 0 N–H and O–H groups in total. The highest BCUT2D eigenvalue weighted by Gasteiger charge is 2.06. The SMILES string of the molecule is C=Cc1c(/C=N\C)sc2ccccc12. The van der Waals surface area contributed by atoms with Crippen molar-refractivity contribution in [1.29, 1.82) is 0 Å². The van der Waals surface area contributed by atoms with Crippen molar-refractivity contribution in [2.45, 2.75) is 0 Å². The molecule has 0 aliphatic carbocycles. The van der Waals surface area contributed by atoms with Gasteiger partial charge in [0.25, 0.3) is 0 Å². The number of benzene rings is 1. The molecule has 70 valence electrons. The summed E-state index contributed by atoms with van der Waals surface area (Å²) in [7, 11) is 1.79. The molecule has 1 heterocycles. The molecule has 0 bridgehead atoms. The number of aliphatic imine (C=N–C) groups is 1. The summed E-state index contributed by atoms with van der Waals surface area (Å²) in [6.45, 7) is 3.84. The quantitative estimate of drug-likeness (QED) is 0.658. The fraction of sp³-hybridized carbons (Fsp3) is 0.0833. The van der Waals surface area contributed by atoms with Crippen LogP contribution in [-0.2, 0) is 0 Å². The van der Waals surface area contributed by atoms with Gasteiger partial charge in [0.1, 0.15) is 0 Å². The van der Waals surface area contributed by atoms with E-state index in [9.17, 15) is 0 Å². The van der Waals surface area contributed by atoms with Gasteiger partial charge in [-0.1, -0.05) is 30.9 Å². The summed E-state index contributed by atoms with van der Waals surface area (Å²) in [5, 5.41) is 1.27. The molecule has 0 fully saturated rings. The van der Waals surface area contributed by atoms with Gasteiger partial charge in [-0.15, -0.1) is 11.3 Å². The second-order valence-corrected chi connectivity index (χ2v) is 4.05. The van der Waals surface area contributed by atoms with Crippen LogP contribution >= 0.6 is 11.3 Å². The Kier molecular flexibility index (Phi) is 2.46. The van der Waals surface area contributed by atoms with Crippen molar-refractivity contribution in [1.82, 2.24) is 0 Å². The Morgan fingerprint density at radius 1 is 1.36 bits per heavy atom. The van der Waals surface area contributed by atoms with Crippen molar-refractivity contribution >= 4 is 33.7 Å². The summed E-state index contributed by atoms with van der Waals surface area (Å²) in [6, 6.07) is 8.35. The number of fused-ring (bicyclic) bond motifs is 1. The molecule has 2 heteroatoms. The Hall–Kier alpha value is -1.41. The van der Waals surface area contributed by atoms with Crippen LogP contribution in [0.3, 0.4) is 0 Å². The smallest absolute Gasteiger partial charge is 0.0533 e. The maximum absolute atomic E-state index is 4.05. The maximum atomic E-state index is 4.05. The second kappa shape index (κ2) is 3.76. The van der Waals surface area contributed by atoms with Gasteiger partial charge in [-0.05, 0) is 6.07 Å². The lowest BCUT2D eigenvalue weighted by Crippen LogP contribution is -1.77. The number of nitrogens with zero attached hydrogens (tertiary/aromatic N) is 1. The topological polar surface area (TPSA) is 12.4 Å². The van der Waals surface area contributed by atoms with Crippen molar-refractivity contribution in [2.75, 3.05) is 7.05 Å². The van der Waals surface area contributed by atoms with E-state index < -0.39 is 0 Å². The van der Waals surface area contributed by atoms with Gasteiger partial charge in [0.15, 0.2) is 0 Å². The van der Waals surface area contributed by atoms with Crippen molar-refractivity contribution in [3.63, 3.8) is 0 Å². The van der Waals surface area contributed by atoms with Crippen molar-refractivity contribution in [3.05, 3.63) is 41.3 Å². The third kappa shape index (κ3) is 1.38. The third-order valence-electron chi connectivity index (χ3n) is 2.11. The predicted molar refractivity (Wildman–Crippen MR) is 65.4 cm³/mol. The third-order valence-corrected chi connectivity index (χ3v) is 3.23. The van der Waals surface area contributed by atoms with Crippen LogP contribution in [0.2, 0.25) is 0 Å². The zero-order valence-corrected chi connectivity index (χ0v) is 8.84. The van der Waals surface area contributed by atoms with Crippen molar-refractivity contribution < 1.29 is 0 Å². The molecule has 0 spiro atoms. The maximum Gasteiger partial charge on any atom is 0.0533 e. The number of hydrogen-bond acceptors (Lipinski definition) is 2. The second-order valence-electron chi connectivity index (χ2n) is 2.97. The zero-order chi connectivity index (χ0) is 9.97. The highest BCUT2D eigenvalue weighted by atomic mass is 32.1. The molecule has 14 heavy (non-hydrogen) atoms. The van der Waals surface area contributed by atoms with Gasteiger partial charge in [-0.25, -0.2) is 0 Å². The Balaban J connectivity index is 2.78. The van der Waals surface area contributed by atoms with Crippen LogP contribution < -0.4 is 0 Å². The average Bonchev–Trinajstić information content (AvgIpc) is 2.55. The molecule has 0 saturated heterocycles. The Bertz CT molecular complexity index is 494. The minimum Gasteiger partial charge on any atom is -0.295 e. The molecule has 0 aliphatic rings. The van der Waals surface area contributed by atoms with E-state index in [4.69, 9.17) is 0 Å². The minimum atomic E-state index is 1.18. The molecule has 0 aliphatic heterocycles. The molecule has 2 aromatic rings. The van der Waals surface area contributed by atoms with E-state index >= 15 is 0 Å². The Morgan fingerprint density at radius 2 is 2.14 bits per heavy atom. The summed E-state index contributed by atoms with van der Waals surface area (Å²) in [6.07, 6.45) is 3.79. The largest absolute Gasteiger partial charge is 0.295 e. The Morgan fingerprint density at radius 3 is 2.86 bits per heavy atom. The van der Waals surface area contributed by atoms with Gasteiger partial charge < -0.3 is 0 Å².